The predicted octanol–water partition coefficient (Wildman–Crippen LogP) is 5.36. The van der Waals surface area contributed by atoms with Crippen molar-refractivity contribution in [2.75, 3.05) is 0 Å². The predicted molar refractivity (Wildman–Crippen MR) is 181 cm³/mol. The van der Waals surface area contributed by atoms with E-state index in [9.17, 15) is 27.9 Å². The van der Waals surface area contributed by atoms with Crippen LogP contribution >= 0.6 is 0 Å². The van der Waals surface area contributed by atoms with Gasteiger partial charge in [-0.2, -0.15) is 0 Å². The van der Waals surface area contributed by atoms with Crippen molar-refractivity contribution >= 4 is 27.7 Å². The van der Waals surface area contributed by atoms with E-state index in [2.05, 4.69) is 5.32 Å². The number of sulfone groups is 1. The average Bonchev–Trinajstić information content (AvgIpc) is 3.03. The third-order valence-corrected chi connectivity index (χ3v) is 8.72. The summed E-state index contributed by atoms with van der Waals surface area (Å²) in [6.45, 7) is 7.38. The summed E-state index contributed by atoms with van der Waals surface area (Å²) in [5, 5.41) is 13.6. The number of phenolic OH excluding ortho intramolecular Hbond substituents is 1. The molecule has 0 spiro atoms. The maximum Gasteiger partial charge on any atom is 0.417 e. The molecule has 3 aromatic rings. The van der Waals surface area contributed by atoms with E-state index >= 15 is 0 Å². The van der Waals surface area contributed by atoms with Crippen molar-refractivity contribution in [3.63, 3.8) is 0 Å². The molecule has 10 nitrogen and oxygen atoms in total. The van der Waals surface area contributed by atoms with Gasteiger partial charge in [0.2, 0.25) is 11.8 Å². The van der Waals surface area contributed by atoms with Gasteiger partial charge in [0.05, 0.1) is 17.0 Å². The number of nitrogens with zero attached hydrogens (tertiary/aromatic N) is 1. The molecule has 0 aliphatic carbocycles. The number of ether oxygens (including phenoxy) is 1. The number of benzene rings is 3. The van der Waals surface area contributed by atoms with Gasteiger partial charge in [0, 0.05) is 5.41 Å². The third-order valence-electron chi connectivity index (χ3n) is 7.27. The first kappa shape index (κ1) is 37.0. The molecule has 3 amide bonds. The molecule has 3 atom stereocenters. The summed E-state index contributed by atoms with van der Waals surface area (Å²) < 4.78 is 31.7. The van der Waals surface area contributed by atoms with Crippen molar-refractivity contribution in [1.82, 2.24) is 10.2 Å². The summed E-state index contributed by atoms with van der Waals surface area (Å²) in [6.07, 6.45) is 0.895. The van der Waals surface area contributed by atoms with Gasteiger partial charge in [-0.3, -0.25) is 9.59 Å². The molecule has 0 radical (unpaired) electrons. The van der Waals surface area contributed by atoms with E-state index in [4.69, 9.17) is 10.5 Å². The quantitative estimate of drug-likeness (QED) is 0.196. The summed E-state index contributed by atoms with van der Waals surface area (Å²) in [5.41, 5.74) is 7.67. The van der Waals surface area contributed by atoms with Gasteiger partial charge in [0.1, 0.15) is 18.4 Å². The number of hydrogen-bond donors (Lipinski definition) is 3. The van der Waals surface area contributed by atoms with Crippen LogP contribution in [0.2, 0.25) is 0 Å². The minimum absolute atomic E-state index is 0.0416. The van der Waals surface area contributed by atoms with Gasteiger partial charge in [-0.15, -0.1) is 0 Å². The number of nitrogens with one attached hydrogen (secondary N) is 1. The summed E-state index contributed by atoms with van der Waals surface area (Å²) in [4.78, 5) is 42.4. The molecule has 11 heteroatoms. The fourth-order valence-electron chi connectivity index (χ4n) is 4.94. The van der Waals surface area contributed by atoms with Crippen LogP contribution in [0.3, 0.4) is 0 Å². The molecule has 0 saturated heterocycles. The number of amides is 3. The lowest BCUT2D eigenvalue weighted by molar-refractivity contribution is -0.140. The average molecular weight is 664 g/mol. The molecule has 0 unspecified atom stereocenters. The number of hydrogen-bond acceptors (Lipinski definition) is 8. The zero-order chi connectivity index (χ0) is 34.6. The van der Waals surface area contributed by atoms with Crippen LogP contribution in [0.25, 0.3) is 0 Å². The van der Waals surface area contributed by atoms with Crippen LogP contribution < -0.4 is 11.1 Å². The Kier molecular flexibility index (Phi) is 13.7. The molecule has 0 bridgehead atoms. The lowest BCUT2D eigenvalue weighted by Crippen LogP contribution is -2.58. The van der Waals surface area contributed by atoms with Crippen LogP contribution in [0.4, 0.5) is 4.79 Å². The number of imide groups is 1. The Balaban J connectivity index is 1.98. The van der Waals surface area contributed by atoms with E-state index in [1.54, 1.807) is 54.6 Å². The van der Waals surface area contributed by atoms with Gasteiger partial charge in [-0.25, -0.2) is 18.1 Å². The van der Waals surface area contributed by atoms with E-state index in [0.29, 0.717) is 11.1 Å². The zero-order valence-electron chi connectivity index (χ0n) is 27.3. The van der Waals surface area contributed by atoms with E-state index in [-0.39, 0.29) is 48.4 Å². The van der Waals surface area contributed by atoms with Crippen LogP contribution in [-0.2, 0) is 37.2 Å². The van der Waals surface area contributed by atoms with E-state index in [1.807, 2.05) is 33.8 Å². The van der Waals surface area contributed by atoms with Crippen molar-refractivity contribution < 1.29 is 32.6 Å². The zero-order valence-corrected chi connectivity index (χ0v) is 28.1. The number of phenols is 1. The Morgan fingerprint density at radius 2 is 1.43 bits per heavy atom. The Bertz CT molecular complexity index is 1590. The van der Waals surface area contributed by atoms with Gasteiger partial charge >= 0.3 is 6.09 Å². The Morgan fingerprint density at radius 1 is 0.851 bits per heavy atom. The normalized spacial score (nSPS) is 13.7. The molecule has 0 heterocycles. The Labute approximate surface area is 277 Å². The molecule has 0 saturated carbocycles. The van der Waals surface area contributed by atoms with Crippen molar-refractivity contribution in [3.05, 3.63) is 108 Å². The highest BCUT2D eigenvalue weighted by Crippen LogP contribution is 2.20. The van der Waals surface area contributed by atoms with Crippen LogP contribution in [0, 0.1) is 11.8 Å². The number of nitrogens with two attached hydrogens (primary N) is 1. The van der Waals surface area contributed by atoms with E-state index < -0.39 is 45.9 Å². The lowest BCUT2D eigenvalue weighted by atomic mass is 9.98. The Morgan fingerprint density at radius 3 is 2.00 bits per heavy atom. The standard InChI is InChI=1S/C36H45N3O7S/c1-25(2)21-32(37)35(42)39(36(43)46-24-28-11-7-5-8-12-28)33(22-26(3)4)34(41)38-29(23-27-15-17-30(40)18-16-27)19-20-47(44,45)31-13-9-6-10-14-31/h5-20,25-26,29,32-33,40H,21-24,37H2,1-4H3,(H,38,41)/b20-19+/t29-,32+,33+/m1/s1. The highest BCUT2D eigenvalue weighted by molar-refractivity contribution is 7.94. The molecule has 0 aliphatic rings. The van der Waals surface area contributed by atoms with Crippen molar-refractivity contribution in [1.29, 1.82) is 0 Å². The fraction of sp³-hybridized carbons (Fsp3) is 0.361. The van der Waals surface area contributed by atoms with Crippen molar-refractivity contribution in [3.8, 4) is 5.75 Å². The highest BCUT2D eigenvalue weighted by Gasteiger charge is 2.39. The molecule has 3 aromatic carbocycles. The van der Waals surface area contributed by atoms with Gasteiger partial charge in [-0.05, 0) is 66.5 Å². The molecule has 4 N–H and O–H groups in total. The van der Waals surface area contributed by atoms with Gasteiger partial charge in [-0.1, -0.05) is 94.4 Å². The molecule has 0 aliphatic heterocycles. The summed E-state index contributed by atoms with van der Waals surface area (Å²) in [7, 11) is -3.86. The van der Waals surface area contributed by atoms with Crippen LogP contribution in [-0.4, -0.2) is 54.5 Å². The highest BCUT2D eigenvalue weighted by atomic mass is 32.2. The Hall–Kier alpha value is -4.48. The monoisotopic (exact) mass is 663 g/mol. The van der Waals surface area contributed by atoms with Gasteiger partial charge in [0.15, 0.2) is 9.84 Å². The molecule has 47 heavy (non-hydrogen) atoms. The summed E-state index contributed by atoms with van der Waals surface area (Å²) in [5.74, 6) is -1.45. The largest absolute Gasteiger partial charge is 0.508 e. The SMILES string of the molecule is CC(C)C[C@H](N)C(=O)N(C(=O)OCc1ccccc1)[C@@H](CC(C)C)C(=O)N[C@H](/C=C/S(=O)(=O)c1ccccc1)Cc1ccc(O)cc1. The van der Waals surface area contributed by atoms with Gasteiger partial charge in [0.25, 0.3) is 0 Å². The second kappa shape index (κ2) is 17.4. The minimum Gasteiger partial charge on any atom is -0.508 e. The number of carbonyl (C=O) groups excluding carboxylic acids is 3. The first-order valence-electron chi connectivity index (χ1n) is 15.6. The van der Waals surface area contributed by atoms with Crippen molar-refractivity contribution in [2.45, 2.75) is 76.6 Å². The molecule has 3 rings (SSSR count). The van der Waals surface area contributed by atoms with E-state index in [1.165, 1.54) is 30.3 Å². The molecular weight excluding hydrogens is 618 g/mol. The number of rotatable bonds is 15. The number of aromatic hydroxyl groups is 1. The molecule has 0 aromatic heterocycles. The topological polar surface area (TPSA) is 156 Å². The number of carbonyl (C=O) groups is 3. The summed E-state index contributed by atoms with van der Waals surface area (Å²) in [6, 6.07) is 19.8. The minimum atomic E-state index is -3.86. The molecular formula is C36H45N3O7S. The first-order chi connectivity index (χ1) is 22.3. The smallest absolute Gasteiger partial charge is 0.417 e. The van der Waals surface area contributed by atoms with Crippen LogP contribution in [0.5, 0.6) is 5.75 Å². The second-order valence-electron chi connectivity index (χ2n) is 12.3. The second-order valence-corrected chi connectivity index (χ2v) is 14.1. The lowest BCUT2D eigenvalue weighted by Gasteiger charge is -2.32. The van der Waals surface area contributed by atoms with Crippen LogP contribution in [0.1, 0.15) is 51.7 Å². The summed E-state index contributed by atoms with van der Waals surface area (Å²) >= 11 is 0. The maximum atomic E-state index is 14.1. The fourth-order valence-corrected chi connectivity index (χ4v) is 6.03. The van der Waals surface area contributed by atoms with Gasteiger partial charge < -0.3 is 20.9 Å². The van der Waals surface area contributed by atoms with Crippen LogP contribution in [0.15, 0.2) is 101 Å². The maximum absolute atomic E-state index is 14.1. The van der Waals surface area contributed by atoms with E-state index in [0.717, 1.165) is 10.3 Å². The first-order valence-corrected chi connectivity index (χ1v) is 17.2. The molecule has 252 valence electrons. The third kappa shape index (κ3) is 11.7. The molecule has 0 fully saturated rings. The van der Waals surface area contributed by atoms with Crippen molar-refractivity contribution in [2.24, 2.45) is 17.6 Å².